The summed E-state index contributed by atoms with van der Waals surface area (Å²) in [5.41, 5.74) is 1.98. The zero-order chi connectivity index (χ0) is 13.8. The first-order valence-electron chi connectivity index (χ1n) is 6.21. The number of rotatable bonds is 5. The zero-order valence-corrected chi connectivity index (χ0v) is 10.8. The zero-order valence-electron chi connectivity index (χ0n) is 10.8. The monoisotopic (exact) mass is 263 g/mol. The molecule has 0 radical (unpaired) electrons. The minimum Gasteiger partial charge on any atom is -0.480 e. The minimum absolute atomic E-state index is 0.0895. The van der Waals surface area contributed by atoms with Gasteiger partial charge in [0.1, 0.15) is 6.04 Å². The molecule has 0 spiro atoms. The average Bonchev–Trinajstić information content (AvgIpc) is 2.74. The lowest BCUT2D eigenvalue weighted by Crippen LogP contribution is -2.37. The van der Waals surface area contributed by atoms with Crippen LogP contribution in [-0.4, -0.2) is 35.0 Å². The molecule has 1 heterocycles. The summed E-state index contributed by atoms with van der Waals surface area (Å²) in [6, 6.07) is 6.97. The number of ether oxygens (including phenoxy) is 1. The lowest BCUT2D eigenvalue weighted by molar-refractivity contribution is -0.146. The maximum absolute atomic E-state index is 11.7. The van der Waals surface area contributed by atoms with Crippen molar-refractivity contribution in [3.05, 3.63) is 35.4 Å². The van der Waals surface area contributed by atoms with Crippen molar-refractivity contribution in [2.24, 2.45) is 0 Å². The molecule has 19 heavy (non-hydrogen) atoms. The molecule has 1 aliphatic heterocycles. The van der Waals surface area contributed by atoms with E-state index in [1.54, 1.807) is 7.11 Å². The van der Waals surface area contributed by atoms with Crippen molar-refractivity contribution < 1.29 is 19.4 Å². The van der Waals surface area contributed by atoms with Gasteiger partial charge in [-0.25, -0.2) is 4.79 Å². The number of carbonyl (C=O) groups excluding carboxylic acids is 1. The molecule has 1 aliphatic rings. The summed E-state index contributed by atoms with van der Waals surface area (Å²) in [5, 5.41) is 9.08. The molecule has 0 aliphatic carbocycles. The number of methoxy groups -OCH3 is 1. The topological polar surface area (TPSA) is 66.8 Å². The molecule has 1 unspecified atom stereocenters. The van der Waals surface area contributed by atoms with Gasteiger partial charge in [0.05, 0.1) is 6.61 Å². The Labute approximate surface area is 111 Å². The van der Waals surface area contributed by atoms with E-state index in [0.29, 0.717) is 26.0 Å². The van der Waals surface area contributed by atoms with Crippen LogP contribution in [0.25, 0.3) is 0 Å². The summed E-state index contributed by atoms with van der Waals surface area (Å²) in [7, 11) is 1.63. The highest BCUT2D eigenvalue weighted by molar-refractivity contribution is 5.87. The van der Waals surface area contributed by atoms with Gasteiger partial charge in [0.25, 0.3) is 0 Å². The van der Waals surface area contributed by atoms with Crippen LogP contribution in [0.5, 0.6) is 0 Å². The highest BCUT2D eigenvalue weighted by Gasteiger charge is 2.35. The van der Waals surface area contributed by atoms with E-state index in [4.69, 9.17) is 9.84 Å². The number of amides is 1. The number of carboxylic acid groups (broad SMARTS) is 1. The Morgan fingerprint density at radius 1 is 1.37 bits per heavy atom. The second kappa shape index (κ2) is 5.84. The Balaban J connectivity index is 2.06. The summed E-state index contributed by atoms with van der Waals surface area (Å²) in [6.07, 6.45) is 0.717. The van der Waals surface area contributed by atoms with E-state index in [9.17, 15) is 9.59 Å². The molecule has 1 aromatic rings. The molecule has 0 saturated carbocycles. The van der Waals surface area contributed by atoms with Crippen LogP contribution in [0.4, 0.5) is 0 Å². The van der Waals surface area contributed by atoms with Gasteiger partial charge >= 0.3 is 5.97 Å². The molecule has 1 amide bonds. The molecular weight excluding hydrogens is 246 g/mol. The van der Waals surface area contributed by atoms with Gasteiger partial charge in [-0.1, -0.05) is 24.3 Å². The first-order chi connectivity index (χ1) is 9.11. The molecule has 5 nitrogen and oxygen atoms in total. The predicted molar refractivity (Wildman–Crippen MR) is 68.4 cm³/mol. The summed E-state index contributed by atoms with van der Waals surface area (Å²) < 4.78 is 5.02. The number of nitrogens with zero attached hydrogens (tertiary/aromatic N) is 1. The van der Waals surface area contributed by atoms with Crippen LogP contribution in [0.3, 0.4) is 0 Å². The quantitative estimate of drug-likeness (QED) is 0.872. The standard InChI is InChI=1S/C14H17NO4/c1-19-9-11-4-2-10(3-5-11)8-15-12(14(17)18)6-7-13(15)16/h2-5,12H,6-9H2,1H3,(H,17,18). The van der Waals surface area contributed by atoms with Crippen molar-refractivity contribution in [2.75, 3.05) is 7.11 Å². The maximum atomic E-state index is 11.7. The lowest BCUT2D eigenvalue weighted by Gasteiger charge is -2.21. The molecular formula is C14H17NO4. The number of benzene rings is 1. The number of likely N-dealkylation sites (tertiary alicyclic amines) is 1. The third-order valence-electron chi connectivity index (χ3n) is 3.30. The normalized spacial score (nSPS) is 18.9. The number of carboxylic acids is 1. The number of hydrogen-bond donors (Lipinski definition) is 1. The fourth-order valence-corrected chi connectivity index (χ4v) is 2.29. The Hall–Kier alpha value is -1.88. The van der Waals surface area contributed by atoms with Crippen molar-refractivity contribution in [1.29, 1.82) is 0 Å². The molecule has 1 atom stereocenters. The van der Waals surface area contributed by atoms with Crippen molar-refractivity contribution in [3.63, 3.8) is 0 Å². The highest BCUT2D eigenvalue weighted by Crippen LogP contribution is 2.21. The SMILES string of the molecule is COCc1ccc(CN2C(=O)CCC2C(=O)O)cc1. The van der Waals surface area contributed by atoms with E-state index in [1.807, 2.05) is 24.3 Å². The fourth-order valence-electron chi connectivity index (χ4n) is 2.29. The Bertz CT molecular complexity index is 469. The molecule has 5 heteroatoms. The van der Waals surface area contributed by atoms with Gasteiger partial charge in [0.2, 0.25) is 5.91 Å². The van der Waals surface area contributed by atoms with Crippen LogP contribution in [0.15, 0.2) is 24.3 Å². The van der Waals surface area contributed by atoms with Gasteiger partial charge in [-0.3, -0.25) is 4.79 Å². The van der Waals surface area contributed by atoms with Gasteiger partial charge in [0, 0.05) is 20.1 Å². The van der Waals surface area contributed by atoms with Gasteiger partial charge in [-0.05, 0) is 17.5 Å². The molecule has 102 valence electrons. The molecule has 0 bridgehead atoms. The van der Waals surface area contributed by atoms with E-state index < -0.39 is 12.0 Å². The smallest absolute Gasteiger partial charge is 0.326 e. The summed E-state index contributed by atoms with van der Waals surface area (Å²) in [4.78, 5) is 24.2. The first-order valence-corrected chi connectivity index (χ1v) is 6.21. The van der Waals surface area contributed by atoms with E-state index in [1.165, 1.54) is 4.90 Å². The molecule has 1 fully saturated rings. The first kappa shape index (κ1) is 13.5. The van der Waals surface area contributed by atoms with Crippen LogP contribution in [0.1, 0.15) is 24.0 Å². The molecule has 1 aromatic carbocycles. The van der Waals surface area contributed by atoms with E-state index in [2.05, 4.69) is 0 Å². The van der Waals surface area contributed by atoms with Gasteiger partial charge in [-0.2, -0.15) is 0 Å². The van der Waals surface area contributed by atoms with Crippen LogP contribution < -0.4 is 0 Å². The van der Waals surface area contributed by atoms with Crippen molar-refractivity contribution >= 4 is 11.9 Å². The Kier molecular flexibility index (Phi) is 4.16. The predicted octanol–water partition coefficient (Wildman–Crippen LogP) is 1.41. The largest absolute Gasteiger partial charge is 0.480 e. The Morgan fingerprint density at radius 3 is 2.58 bits per heavy atom. The number of aliphatic carboxylic acids is 1. The minimum atomic E-state index is -0.929. The molecule has 1 saturated heterocycles. The second-order valence-electron chi connectivity index (χ2n) is 4.66. The van der Waals surface area contributed by atoms with Gasteiger partial charge < -0.3 is 14.7 Å². The van der Waals surface area contributed by atoms with Crippen LogP contribution in [0, 0.1) is 0 Å². The third kappa shape index (κ3) is 3.12. The molecule has 0 aromatic heterocycles. The maximum Gasteiger partial charge on any atom is 0.326 e. The highest BCUT2D eigenvalue weighted by atomic mass is 16.5. The third-order valence-corrected chi connectivity index (χ3v) is 3.30. The Morgan fingerprint density at radius 2 is 2.00 bits per heavy atom. The van der Waals surface area contributed by atoms with E-state index in [0.717, 1.165) is 11.1 Å². The average molecular weight is 263 g/mol. The summed E-state index contributed by atoms with van der Waals surface area (Å²) >= 11 is 0. The summed E-state index contributed by atoms with van der Waals surface area (Å²) in [6.45, 7) is 0.893. The van der Waals surface area contributed by atoms with Crippen molar-refractivity contribution in [2.45, 2.75) is 32.0 Å². The molecule has 2 rings (SSSR count). The van der Waals surface area contributed by atoms with E-state index in [-0.39, 0.29) is 5.91 Å². The molecule has 1 N–H and O–H groups in total. The summed E-state index contributed by atoms with van der Waals surface area (Å²) in [5.74, 6) is -1.02. The fraction of sp³-hybridized carbons (Fsp3) is 0.429. The second-order valence-corrected chi connectivity index (χ2v) is 4.66. The van der Waals surface area contributed by atoms with Crippen molar-refractivity contribution in [1.82, 2.24) is 4.90 Å². The lowest BCUT2D eigenvalue weighted by atomic mass is 10.1. The van der Waals surface area contributed by atoms with Crippen LogP contribution >= 0.6 is 0 Å². The van der Waals surface area contributed by atoms with Gasteiger partial charge in [0.15, 0.2) is 0 Å². The van der Waals surface area contributed by atoms with Crippen LogP contribution in [-0.2, 0) is 27.5 Å². The number of hydrogen-bond acceptors (Lipinski definition) is 3. The van der Waals surface area contributed by atoms with Crippen molar-refractivity contribution in [3.8, 4) is 0 Å². The van der Waals surface area contributed by atoms with E-state index >= 15 is 0 Å². The van der Waals surface area contributed by atoms with Crippen LogP contribution in [0.2, 0.25) is 0 Å². The van der Waals surface area contributed by atoms with Gasteiger partial charge in [-0.15, -0.1) is 0 Å². The number of carbonyl (C=O) groups is 2.